The van der Waals surface area contributed by atoms with Gasteiger partial charge < -0.3 is 154 Å². The molecule has 0 aliphatic carbocycles. The summed E-state index contributed by atoms with van der Waals surface area (Å²) in [6.07, 6.45) is -40.3. The average Bonchev–Trinajstić information content (AvgIpc) is 0.799. The van der Waals surface area contributed by atoms with Crippen molar-refractivity contribution in [1.29, 1.82) is 0 Å². The number of aliphatic hydroxyl groups is 12. The number of nitrogens with one attached hydrogen (secondary N) is 5. The van der Waals surface area contributed by atoms with Crippen molar-refractivity contribution in [3.8, 4) is 0 Å². The fraction of sp³-hybridized carbons (Fsp3) is 0.800. The number of carbonyl (C=O) groups is 10. The SMILES string of the molecule is CC(=O)N[C@H]1[C@H](O[C@H]2[C@H](O)[C@@H](NC(C)=O)[C@H](O[C@H]3[C@H](O)[C@@H](NC(C)=O)C(O)O[C@@H]3COC(=O)CO)O[C@@H]2COC(=O)CO)O[C@H](COC(=O)CO)[C@@H](O[C@@H]2O[C@H](COC(=O)CO)[C@@H](O[C@@H]3O[C@H](COC(=O)CO)[C@@H](O)[C@H](O)[C@H]3NC(C)=O)[C@H](O)[C@H]2NC(C)=O)[C@@H]1O. The predicted octanol–water partition coefficient (Wildman–Crippen LogP) is -13.5. The van der Waals surface area contributed by atoms with E-state index < -0.39 is 279 Å². The van der Waals surface area contributed by atoms with Gasteiger partial charge in [-0.15, -0.1) is 0 Å². The summed E-state index contributed by atoms with van der Waals surface area (Å²) in [5.74, 6) is -10.9. The Hall–Kier alpha value is -6.14. The number of aliphatic hydroxyl groups excluding tert-OH is 12. The van der Waals surface area contributed by atoms with E-state index in [0.717, 1.165) is 34.6 Å². The molecule has 0 saturated carbocycles. The number of esters is 5. The van der Waals surface area contributed by atoms with E-state index in [2.05, 4.69) is 26.6 Å². The van der Waals surface area contributed by atoms with Crippen LogP contribution in [0, 0.1) is 0 Å². The summed E-state index contributed by atoms with van der Waals surface area (Å²) in [7, 11) is 0. The average molecular weight is 1320 g/mol. The van der Waals surface area contributed by atoms with Crippen LogP contribution < -0.4 is 26.6 Å². The lowest BCUT2D eigenvalue weighted by molar-refractivity contribution is -0.367. The Kier molecular flexibility index (Phi) is 29.3. The number of hydrogen-bond donors (Lipinski definition) is 17. The molecule has 518 valence electrons. The van der Waals surface area contributed by atoms with Crippen molar-refractivity contribution in [2.75, 3.05) is 66.1 Å². The van der Waals surface area contributed by atoms with Crippen LogP contribution in [0.3, 0.4) is 0 Å². The topological polar surface area (TPSA) is 603 Å². The standard InChI is InChI=1S/C50H77N5O36/c1-16(61)51-31-38(73)42(22(83-46(31)77)12-79-27(67)7-57)88-48-33(53-18(3)63)40(75)44(24(85-48)14-81-29(69)9-59)90-50-35(55-20(5)65)41(76)45(25(87-50)15-82-30(70)10-60)91-49-34(54-19(4)64)39(74)43(23(86-49)13-80-28(68)8-58)89-47-32(52-17(2)62)37(72)36(71)21(84-47)11-78-26(66)6-56/h21-25,31-50,56-60,71-77H,6-15H2,1-5H3,(H,51,61)(H,52,62)(H,53,63)(H,54,64)(H,55,65)/t21-,22-,23-,24-,25-,31-,32-,33-,34-,35-,36-,37-,38-,39-,40-,41-,42-,43-,44-,45-,46?,47+,48+,49+,50+/m1/s1. The number of amides is 5. The molecular weight excluding hydrogens is 1250 g/mol. The molecule has 0 spiro atoms. The van der Waals surface area contributed by atoms with Gasteiger partial charge in [0.25, 0.3) is 0 Å². The van der Waals surface area contributed by atoms with E-state index in [1.807, 2.05) is 0 Å². The van der Waals surface area contributed by atoms with Crippen LogP contribution >= 0.6 is 0 Å². The lowest BCUT2D eigenvalue weighted by Gasteiger charge is -2.51. The second kappa shape index (κ2) is 35.2. The van der Waals surface area contributed by atoms with Crippen molar-refractivity contribution >= 4 is 59.4 Å². The van der Waals surface area contributed by atoms with Gasteiger partial charge in [0, 0.05) is 34.6 Å². The Labute approximate surface area is 514 Å². The van der Waals surface area contributed by atoms with E-state index in [0.29, 0.717) is 0 Å². The fourth-order valence-corrected chi connectivity index (χ4v) is 10.1. The highest BCUT2D eigenvalue weighted by molar-refractivity contribution is 5.75. The van der Waals surface area contributed by atoms with Gasteiger partial charge in [-0.05, 0) is 0 Å². The predicted molar refractivity (Wildman–Crippen MR) is 279 cm³/mol. The summed E-state index contributed by atoms with van der Waals surface area (Å²) in [6.45, 7) is -6.03. The molecule has 0 radical (unpaired) electrons. The van der Waals surface area contributed by atoms with Gasteiger partial charge in [-0.3, -0.25) is 24.0 Å². The van der Waals surface area contributed by atoms with Crippen molar-refractivity contribution in [2.45, 2.75) is 188 Å². The summed E-state index contributed by atoms with van der Waals surface area (Å²) < 4.78 is 79.8. The summed E-state index contributed by atoms with van der Waals surface area (Å²) in [5, 5.41) is 140. The van der Waals surface area contributed by atoms with Crippen LogP contribution in [0.5, 0.6) is 0 Å². The van der Waals surface area contributed by atoms with E-state index in [4.69, 9.17) is 66.3 Å². The van der Waals surface area contributed by atoms with Crippen LogP contribution in [0.15, 0.2) is 0 Å². The minimum Gasteiger partial charge on any atom is -0.461 e. The first-order valence-electron chi connectivity index (χ1n) is 27.8. The first-order chi connectivity index (χ1) is 43.0. The molecule has 1 unspecified atom stereocenters. The molecule has 91 heavy (non-hydrogen) atoms. The van der Waals surface area contributed by atoms with E-state index >= 15 is 0 Å². The maximum atomic E-state index is 13.1. The minimum atomic E-state index is -2.29. The minimum absolute atomic E-state index is 0.806. The van der Waals surface area contributed by atoms with E-state index in [9.17, 15) is 109 Å². The van der Waals surface area contributed by atoms with Gasteiger partial charge in [-0.2, -0.15) is 0 Å². The molecule has 5 rings (SSSR count). The molecule has 5 aliphatic heterocycles. The van der Waals surface area contributed by atoms with E-state index in [1.54, 1.807) is 0 Å². The molecule has 5 saturated heterocycles. The lowest BCUT2D eigenvalue weighted by Crippen LogP contribution is -2.72. The summed E-state index contributed by atoms with van der Waals surface area (Å²) in [5.41, 5.74) is 0. The molecule has 41 heteroatoms. The van der Waals surface area contributed by atoms with Crippen LogP contribution in [0.25, 0.3) is 0 Å². The normalized spacial score (nSPS) is 36.5. The first-order valence-corrected chi connectivity index (χ1v) is 27.8. The number of rotatable bonds is 28. The highest BCUT2D eigenvalue weighted by Gasteiger charge is 2.58. The first kappa shape index (κ1) is 75.6. The third kappa shape index (κ3) is 20.7. The van der Waals surface area contributed by atoms with Gasteiger partial charge in [0.1, 0.15) is 188 Å². The van der Waals surface area contributed by atoms with Gasteiger partial charge in [0.2, 0.25) is 29.5 Å². The van der Waals surface area contributed by atoms with Crippen molar-refractivity contribution in [1.82, 2.24) is 26.6 Å². The molecule has 0 aromatic rings. The van der Waals surface area contributed by atoms with Gasteiger partial charge in [-0.1, -0.05) is 0 Å². The Morgan fingerprint density at radius 1 is 0.297 bits per heavy atom. The van der Waals surface area contributed by atoms with Gasteiger partial charge in [-0.25, -0.2) is 24.0 Å². The molecule has 5 fully saturated rings. The second-order valence-corrected chi connectivity index (χ2v) is 20.9. The summed E-state index contributed by atoms with van der Waals surface area (Å²) >= 11 is 0. The number of ether oxygens (including phenoxy) is 14. The zero-order valence-corrected chi connectivity index (χ0v) is 49.2. The highest BCUT2D eigenvalue weighted by Crippen LogP contribution is 2.37. The highest BCUT2D eigenvalue weighted by atomic mass is 16.8. The van der Waals surface area contributed by atoms with Crippen LogP contribution in [0.1, 0.15) is 34.6 Å². The van der Waals surface area contributed by atoms with Crippen molar-refractivity contribution in [3.05, 3.63) is 0 Å². The molecule has 0 bridgehead atoms. The molecule has 5 aliphatic rings. The maximum Gasteiger partial charge on any atom is 0.331 e. The smallest absolute Gasteiger partial charge is 0.331 e. The van der Waals surface area contributed by atoms with Gasteiger partial charge in [0.15, 0.2) is 31.5 Å². The third-order valence-corrected chi connectivity index (χ3v) is 14.1. The summed E-state index contributed by atoms with van der Waals surface area (Å²) in [6, 6.07) is -9.29. The van der Waals surface area contributed by atoms with Crippen molar-refractivity contribution in [2.24, 2.45) is 0 Å². The van der Waals surface area contributed by atoms with Crippen molar-refractivity contribution < 1.29 is 176 Å². The molecule has 17 N–H and O–H groups in total. The molecule has 5 heterocycles. The Morgan fingerprint density at radius 2 is 0.505 bits per heavy atom. The quantitative estimate of drug-likeness (QED) is 0.0255. The third-order valence-electron chi connectivity index (χ3n) is 14.1. The van der Waals surface area contributed by atoms with Crippen LogP contribution in [0.2, 0.25) is 0 Å². The molecule has 0 aromatic heterocycles. The van der Waals surface area contributed by atoms with E-state index in [-0.39, 0.29) is 0 Å². The van der Waals surface area contributed by atoms with Crippen LogP contribution in [0.4, 0.5) is 0 Å². The Bertz CT molecular complexity index is 2490. The lowest BCUT2D eigenvalue weighted by atomic mass is 9.93. The van der Waals surface area contributed by atoms with E-state index in [1.165, 1.54) is 0 Å². The molecule has 5 amide bonds. The molecule has 41 nitrogen and oxygen atoms in total. The van der Waals surface area contributed by atoms with Gasteiger partial charge >= 0.3 is 29.8 Å². The van der Waals surface area contributed by atoms with Crippen molar-refractivity contribution in [3.63, 3.8) is 0 Å². The molecule has 0 aromatic carbocycles. The molecular formula is C50H77N5O36. The monoisotopic (exact) mass is 1320 g/mol. The fourth-order valence-electron chi connectivity index (χ4n) is 10.1. The second-order valence-electron chi connectivity index (χ2n) is 20.9. The number of carbonyl (C=O) groups excluding carboxylic acids is 10. The Balaban J connectivity index is 1.56. The number of hydrogen-bond acceptors (Lipinski definition) is 36. The van der Waals surface area contributed by atoms with Crippen LogP contribution in [-0.4, -0.2) is 340 Å². The maximum absolute atomic E-state index is 13.1. The Morgan fingerprint density at radius 3 is 0.758 bits per heavy atom. The van der Waals surface area contributed by atoms with Crippen LogP contribution in [-0.2, 0) is 114 Å². The van der Waals surface area contributed by atoms with Gasteiger partial charge in [0.05, 0.1) is 0 Å². The summed E-state index contributed by atoms with van der Waals surface area (Å²) in [4.78, 5) is 125. The zero-order chi connectivity index (χ0) is 67.7. The molecule has 25 atom stereocenters. The largest absolute Gasteiger partial charge is 0.461 e. The zero-order valence-electron chi connectivity index (χ0n) is 49.2.